The molecule has 0 amide bonds. The molecule has 1 N–H and O–H groups in total. The summed E-state index contributed by atoms with van der Waals surface area (Å²) in [6.07, 6.45) is 1.04. The first kappa shape index (κ1) is 10.7. The number of hydrogen-bond acceptors (Lipinski definition) is 1. The summed E-state index contributed by atoms with van der Waals surface area (Å²) in [7, 11) is 0. The van der Waals surface area contributed by atoms with Crippen LogP contribution < -0.4 is 0 Å². The number of nitrogens with zero attached hydrogens (tertiary/aromatic N) is 1. The van der Waals surface area contributed by atoms with Gasteiger partial charge >= 0.3 is 5.97 Å². The number of hydrogen-bond donors (Lipinski definition) is 1. The normalized spacial score (nSPS) is 10.9. The molecule has 2 aromatic rings. The molecule has 84 valence electrons. The van der Waals surface area contributed by atoms with Gasteiger partial charge in [0, 0.05) is 23.1 Å². The van der Waals surface area contributed by atoms with Crippen molar-refractivity contribution in [1.29, 1.82) is 0 Å². The van der Waals surface area contributed by atoms with Gasteiger partial charge in [0.25, 0.3) is 0 Å². The number of aromatic nitrogens is 1. The molecule has 2 rings (SSSR count). The predicted molar refractivity (Wildman–Crippen MR) is 63.9 cm³/mol. The van der Waals surface area contributed by atoms with Crippen molar-refractivity contribution in [3.8, 4) is 0 Å². The lowest BCUT2D eigenvalue weighted by Gasteiger charge is -2.06. The average Bonchev–Trinajstić information content (AvgIpc) is 2.56. The third kappa shape index (κ3) is 1.58. The summed E-state index contributed by atoms with van der Waals surface area (Å²) in [5.74, 6) is -0.862. The number of carboxylic acids is 1. The minimum absolute atomic E-state index is 0.385. The zero-order valence-electron chi connectivity index (χ0n) is 9.53. The van der Waals surface area contributed by atoms with Crippen LogP contribution in [0.15, 0.2) is 24.3 Å². The first-order chi connectivity index (χ1) is 7.65. The van der Waals surface area contributed by atoms with E-state index in [9.17, 15) is 4.79 Å². The second-order valence-electron chi connectivity index (χ2n) is 3.98. The molecule has 3 heteroatoms. The van der Waals surface area contributed by atoms with Crippen LogP contribution in [0.2, 0.25) is 0 Å². The molecule has 0 radical (unpaired) electrons. The zero-order chi connectivity index (χ0) is 11.7. The van der Waals surface area contributed by atoms with E-state index in [2.05, 4.69) is 11.5 Å². The van der Waals surface area contributed by atoms with Gasteiger partial charge in [0.1, 0.15) is 0 Å². The SMILES string of the molecule is CCCn1c(C)cc2c(C(=O)O)cccc21. The molecule has 0 saturated heterocycles. The van der Waals surface area contributed by atoms with Crippen LogP contribution in [0.3, 0.4) is 0 Å². The third-order valence-electron chi connectivity index (χ3n) is 2.83. The Balaban J connectivity index is 2.72. The summed E-state index contributed by atoms with van der Waals surface area (Å²) in [6, 6.07) is 7.39. The van der Waals surface area contributed by atoms with Gasteiger partial charge < -0.3 is 9.67 Å². The van der Waals surface area contributed by atoms with Crippen molar-refractivity contribution in [3.63, 3.8) is 0 Å². The molecular weight excluding hydrogens is 202 g/mol. The van der Waals surface area contributed by atoms with Crippen molar-refractivity contribution in [2.45, 2.75) is 26.8 Å². The van der Waals surface area contributed by atoms with E-state index in [-0.39, 0.29) is 0 Å². The fraction of sp³-hybridized carbons (Fsp3) is 0.308. The van der Waals surface area contributed by atoms with E-state index < -0.39 is 5.97 Å². The summed E-state index contributed by atoms with van der Waals surface area (Å²) in [6.45, 7) is 5.06. The van der Waals surface area contributed by atoms with Crippen molar-refractivity contribution in [2.75, 3.05) is 0 Å². The summed E-state index contributed by atoms with van der Waals surface area (Å²) >= 11 is 0. The number of aromatic carboxylic acids is 1. The van der Waals surface area contributed by atoms with E-state index in [1.165, 1.54) is 0 Å². The Morgan fingerprint density at radius 1 is 1.44 bits per heavy atom. The highest BCUT2D eigenvalue weighted by atomic mass is 16.4. The zero-order valence-corrected chi connectivity index (χ0v) is 9.53. The lowest BCUT2D eigenvalue weighted by Crippen LogP contribution is -1.99. The van der Waals surface area contributed by atoms with Gasteiger partial charge in [0.2, 0.25) is 0 Å². The highest BCUT2D eigenvalue weighted by Crippen LogP contribution is 2.23. The summed E-state index contributed by atoms with van der Waals surface area (Å²) < 4.78 is 2.17. The van der Waals surface area contributed by atoms with Crippen molar-refractivity contribution >= 4 is 16.9 Å². The minimum Gasteiger partial charge on any atom is -0.478 e. The van der Waals surface area contributed by atoms with E-state index in [4.69, 9.17) is 5.11 Å². The van der Waals surface area contributed by atoms with Crippen LogP contribution in [0.5, 0.6) is 0 Å². The smallest absolute Gasteiger partial charge is 0.336 e. The summed E-state index contributed by atoms with van der Waals surface area (Å²) in [5, 5.41) is 9.94. The van der Waals surface area contributed by atoms with Gasteiger partial charge in [-0.1, -0.05) is 13.0 Å². The summed E-state index contributed by atoms with van der Waals surface area (Å²) in [4.78, 5) is 11.1. The molecule has 1 aromatic heterocycles. The molecular formula is C13H15NO2. The molecule has 0 fully saturated rings. The Morgan fingerprint density at radius 3 is 2.81 bits per heavy atom. The van der Waals surface area contributed by atoms with Gasteiger partial charge in [0.05, 0.1) is 5.56 Å². The fourth-order valence-corrected chi connectivity index (χ4v) is 2.12. The van der Waals surface area contributed by atoms with E-state index in [0.717, 1.165) is 29.6 Å². The molecule has 1 aromatic carbocycles. The van der Waals surface area contributed by atoms with Crippen molar-refractivity contribution in [3.05, 3.63) is 35.5 Å². The van der Waals surface area contributed by atoms with Crippen LogP contribution in [0.1, 0.15) is 29.4 Å². The van der Waals surface area contributed by atoms with Gasteiger partial charge in [-0.2, -0.15) is 0 Å². The first-order valence-electron chi connectivity index (χ1n) is 5.47. The third-order valence-corrected chi connectivity index (χ3v) is 2.83. The number of carboxylic acid groups (broad SMARTS) is 1. The predicted octanol–water partition coefficient (Wildman–Crippen LogP) is 3.06. The largest absolute Gasteiger partial charge is 0.478 e. The van der Waals surface area contributed by atoms with Gasteiger partial charge in [-0.3, -0.25) is 0 Å². The molecule has 0 atom stereocenters. The number of fused-ring (bicyclic) bond motifs is 1. The molecule has 0 saturated carbocycles. The molecule has 0 aliphatic heterocycles. The van der Waals surface area contributed by atoms with E-state index >= 15 is 0 Å². The second-order valence-corrected chi connectivity index (χ2v) is 3.98. The number of rotatable bonds is 3. The Kier molecular flexibility index (Phi) is 2.69. The van der Waals surface area contributed by atoms with Crippen LogP contribution in [-0.2, 0) is 6.54 Å². The molecule has 3 nitrogen and oxygen atoms in total. The highest BCUT2D eigenvalue weighted by molar-refractivity contribution is 6.03. The Morgan fingerprint density at radius 2 is 2.19 bits per heavy atom. The first-order valence-corrected chi connectivity index (χ1v) is 5.47. The van der Waals surface area contributed by atoms with E-state index in [1.54, 1.807) is 12.1 Å². The van der Waals surface area contributed by atoms with Gasteiger partial charge in [0.15, 0.2) is 0 Å². The fourth-order valence-electron chi connectivity index (χ4n) is 2.12. The van der Waals surface area contributed by atoms with E-state index in [0.29, 0.717) is 5.56 Å². The molecule has 0 aliphatic rings. The average molecular weight is 217 g/mol. The minimum atomic E-state index is -0.862. The monoisotopic (exact) mass is 217 g/mol. The molecule has 0 aliphatic carbocycles. The molecule has 16 heavy (non-hydrogen) atoms. The van der Waals surface area contributed by atoms with Crippen LogP contribution in [0.4, 0.5) is 0 Å². The van der Waals surface area contributed by atoms with Crippen LogP contribution in [0.25, 0.3) is 10.9 Å². The second kappa shape index (κ2) is 4.00. The topological polar surface area (TPSA) is 42.2 Å². The quantitative estimate of drug-likeness (QED) is 0.858. The Bertz CT molecular complexity index is 540. The molecule has 0 bridgehead atoms. The lowest BCUT2D eigenvalue weighted by atomic mass is 10.1. The van der Waals surface area contributed by atoms with Crippen molar-refractivity contribution in [1.82, 2.24) is 4.57 Å². The number of carbonyl (C=O) groups is 1. The Labute approximate surface area is 94.3 Å². The van der Waals surface area contributed by atoms with Gasteiger partial charge in [-0.25, -0.2) is 4.79 Å². The lowest BCUT2D eigenvalue weighted by molar-refractivity contribution is 0.0699. The van der Waals surface area contributed by atoms with Crippen LogP contribution in [0, 0.1) is 6.92 Å². The van der Waals surface area contributed by atoms with Gasteiger partial charge in [-0.15, -0.1) is 0 Å². The standard InChI is InChI=1S/C13H15NO2/c1-3-7-14-9(2)8-11-10(13(15)16)5-4-6-12(11)14/h4-6,8H,3,7H2,1-2H3,(H,15,16). The van der Waals surface area contributed by atoms with Crippen molar-refractivity contribution < 1.29 is 9.90 Å². The van der Waals surface area contributed by atoms with E-state index in [1.807, 2.05) is 19.1 Å². The highest BCUT2D eigenvalue weighted by Gasteiger charge is 2.12. The molecule has 0 spiro atoms. The summed E-state index contributed by atoms with van der Waals surface area (Å²) in [5.41, 5.74) is 2.51. The van der Waals surface area contributed by atoms with Crippen LogP contribution in [-0.4, -0.2) is 15.6 Å². The molecule has 1 heterocycles. The van der Waals surface area contributed by atoms with Crippen molar-refractivity contribution in [2.24, 2.45) is 0 Å². The Hall–Kier alpha value is -1.77. The maximum absolute atomic E-state index is 11.1. The maximum Gasteiger partial charge on any atom is 0.336 e. The maximum atomic E-state index is 11.1. The van der Waals surface area contributed by atoms with Crippen LogP contribution >= 0.6 is 0 Å². The molecule has 0 unspecified atom stereocenters. The number of benzene rings is 1. The number of aryl methyl sites for hydroxylation is 2. The van der Waals surface area contributed by atoms with Gasteiger partial charge in [-0.05, 0) is 31.5 Å².